The Hall–Kier alpha value is -2.69. The molecule has 2 aromatic heterocycles. The van der Waals surface area contributed by atoms with Gasteiger partial charge in [0.15, 0.2) is 5.82 Å². The van der Waals surface area contributed by atoms with Crippen LogP contribution in [-0.2, 0) is 0 Å². The molecule has 0 atom stereocenters. The van der Waals surface area contributed by atoms with E-state index in [4.69, 9.17) is 5.73 Å². The number of rotatable bonds is 2. The van der Waals surface area contributed by atoms with E-state index in [1.807, 2.05) is 43.3 Å². The summed E-state index contributed by atoms with van der Waals surface area (Å²) in [6, 6.07) is 11.4. The second-order valence-corrected chi connectivity index (χ2v) is 4.29. The van der Waals surface area contributed by atoms with Gasteiger partial charge in [-0.2, -0.15) is 0 Å². The van der Waals surface area contributed by atoms with Crippen molar-refractivity contribution in [2.24, 2.45) is 0 Å². The van der Waals surface area contributed by atoms with Gasteiger partial charge in [-0.1, -0.05) is 0 Å². The van der Waals surface area contributed by atoms with E-state index in [9.17, 15) is 0 Å². The Bertz CT molecular complexity index is 700. The molecule has 19 heavy (non-hydrogen) atoms. The van der Waals surface area contributed by atoms with E-state index in [0.717, 1.165) is 22.6 Å². The third-order valence-corrected chi connectivity index (χ3v) is 2.81. The maximum atomic E-state index is 5.66. The molecule has 5 nitrogen and oxygen atoms in total. The zero-order chi connectivity index (χ0) is 13.2. The van der Waals surface area contributed by atoms with E-state index in [0.29, 0.717) is 5.82 Å². The normalized spacial score (nSPS) is 10.6. The van der Waals surface area contributed by atoms with Gasteiger partial charge in [-0.3, -0.25) is 4.98 Å². The van der Waals surface area contributed by atoms with Crippen molar-refractivity contribution < 1.29 is 0 Å². The number of nitrogens with zero attached hydrogens (tertiary/aromatic N) is 4. The van der Waals surface area contributed by atoms with Crippen LogP contribution in [0.15, 0.2) is 48.9 Å². The third kappa shape index (κ3) is 2.30. The van der Waals surface area contributed by atoms with Gasteiger partial charge in [-0.25, -0.2) is 9.67 Å². The largest absolute Gasteiger partial charge is 0.399 e. The van der Waals surface area contributed by atoms with Gasteiger partial charge in [0, 0.05) is 23.1 Å². The molecule has 0 aliphatic rings. The van der Waals surface area contributed by atoms with Crippen molar-refractivity contribution >= 4 is 5.69 Å². The molecular formula is C14H13N5. The van der Waals surface area contributed by atoms with Crippen LogP contribution in [-0.4, -0.2) is 19.7 Å². The highest BCUT2D eigenvalue weighted by Gasteiger charge is 2.05. The van der Waals surface area contributed by atoms with Crippen LogP contribution >= 0.6 is 0 Å². The van der Waals surface area contributed by atoms with Crippen molar-refractivity contribution in [2.45, 2.75) is 6.92 Å². The van der Waals surface area contributed by atoms with Crippen molar-refractivity contribution in [3.05, 3.63) is 54.6 Å². The van der Waals surface area contributed by atoms with Gasteiger partial charge in [0.2, 0.25) is 0 Å². The van der Waals surface area contributed by atoms with Gasteiger partial charge in [0.05, 0.1) is 5.69 Å². The monoisotopic (exact) mass is 251 g/mol. The number of anilines is 1. The predicted octanol–water partition coefficient (Wildman–Crippen LogP) is 2.22. The van der Waals surface area contributed by atoms with Crippen LogP contribution in [0.2, 0.25) is 0 Å². The number of hydrogen-bond donors (Lipinski definition) is 1. The number of nitrogens with two attached hydrogens (primary N) is 1. The van der Waals surface area contributed by atoms with Crippen molar-refractivity contribution in [1.82, 2.24) is 19.7 Å². The Balaban J connectivity index is 1.97. The van der Waals surface area contributed by atoms with Crippen LogP contribution in [0.25, 0.3) is 17.1 Å². The third-order valence-electron chi connectivity index (χ3n) is 2.81. The summed E-state index contributed by atoms with van der Waals surface area (Å²) in [4.78, 5) is 8.48. The fourth-order valence-corrected chi connectivity index (χ4v) is 1.83. The average Bonchev–Trinajstić information content (AvgIpc) is 2.89. The molecule has 2 N–H and O–H groups in total. The number of nitrogen functional groups attached to an aromatic ring is 1. The Kier molecular flexibility index (Phi) is 2.72. The summed E-state index contributed by atoms with van der Waals surface area (Å²) in [7, 11) is 0. The molecule has 0 aliphatic carbocycles. The van der Waals surface area contributed by atoms with Crippen molar-refractivity contribution in [2.75, 3.05) is 5.73 Å². The first-order valence-corrected chi connectivity index (χ1v) is 5.93. The second kappa shape index (κ2) is 4.53. The predicted molar refractivity (Wildman–Crippen MR) is 73.7 cm³/mol. The maximum Gasteiger partial charge on any atom is 0.181 e. The number of aromatic nitrogens is 4. The fourth-order valence-electron chi connectivity index (χ4n) is 1.83. The summed E-state index contributed by atoms with van der Waals surface area (Å²) in [6.45, 7) is 1.95. The van der Waals surface area contributed by atoms with Crippen molar-refractivity contribution in [3.8, 4) is 17.1 Å². The summed E-state index contributed by atoms with van der Waals surface area (Å²) < 4.78 is 1.74. The molecule has 3 rings (SSSR count). The quantitative estimate of drug-likeness (QED) is 0.709. The molecule has 0 saturated heterocycles. The van der Waals surface area contributed by atoms with Crippen LogP contribution in [0.3, 0.4) is 0 Å². The zero-order valence-electron chi connectivity index (χ0n) is 10.5. The van der Waals surface area contributed by atoms with Gasteiger partial charge < -0.3 is 5.73 Å². The Morgan fingerprint density at radius 2 is 1.84 bits per heavy atom. The van der Waals surface area contributed by atoms with E-state index < -0.39 is 0 Å². The molecule has 94 valence electrons. The van der Waals surface area contributed by atoms with Gasteiger partial charge in [-0.05, 0) is 43.3 Å². The maximum absolute atomic E-state index is 5.66. The highest BCUT2D eigenvalue weighted by molar-refractivity contribution is 5.58. The molecule has 5 heteroatoms. The molecule has 0 radical (unpaired) electrons. The van der Waals surface area contributed by atoms with Crippen LogP contribution in [0.4, 0.5) is 5.69 Å². The lowest BCUT2D eigenvalue weighted by Gasteiger charge is -2.00. The Morgan fingerprint density at radius 1 is 1.05 bits per heavy atom. The lowest BCUT2D eigenvalue weighted by molar-refractivity contribution is 0.876. The van der Waals surface area contributed by atoms with Crippen LogP contribution < -0.4 is 5.73 Å². The minimum Gasteiger partial charge on any atom is -0.399 e. The smallest absolute Gasteiger partial charge is 0.181 e. The molecule has 0 amide bonds. The molecule has 2 heterocycles. The minimum absolute atomic E-state index is 0.675. The first kappa shape index (κ1) is 11.4. The molecular weight excluding hydrogens is 238 g/mol. The van der Waals surface area contributed by atoms with E-state index in [-0.39, 0.29) is 0 Å². The molecule has 0 bridgehead atoms. The average molecular weight is 251 g/mol. The molecule has 0 aliphatic heterocycles. The standard InChI is InChI=1S/C14H13N5/c1-10-8-13(6-7-16-10)19-9-17-14(18-19)11-2-4-12(15)5-3-11/h2-9H,15H2,1H3. The first-order valence-electron chi connectivity index (χ1n) is 5.93. The highest BCUT2D eigenvalue weighted by atomic mass is 15.3. The minimum atomic E-state index is 0.675. The number of benzene rings is 1. The van der Waals surface area contributed by atoms with Gasteiger partial charge in [-0.15, -0.1) is 5.10 Å². The summed E-state index contributed by atoms with van der Waals surface area (Å²) >= 11 is 0. The van der Waals surface area contributed by atoms with E-state index >= 15 is 0 Å². The molecule has 1 aromatic carbocycles. The molecule has 3 aromatic rings. The molecule has 0 unspecified atom stereocenters. The zero-order valence-corrected chi connectivity index (χ0v) is 10.5. The van der Waals surface area contributed by atoms with Crippen molar-refractivity contribution in [3.63, 3.8) is 0 Å². The Labute approximate surface area is 110 Å². The van der Waals surface area contributed by atoms with Crippen LogP contribution in [0, 0.1) is 6.92 Å². The summed E-state index contributed by atoms with van der Waals surface area (Å²) in [5.41, 5.74) is 9.23. The molecule has 0 saturated carbocycles. The van der Waals surface area contributed by atoms with E-state index in [1.165, 1.54) is 0 Å². The summed E-state index contributed by atoms with van der Waals surface area (Å²) in [5, 5.41) is 4.46. The van der Waals surface area contributed by atoms with E-state index in [2.05, 4.69) is 15.1 Å². The number of hydrogen-bond acceptors (Lipinski definition) is 4. The van der Waals surface area contributed by atoms with Gasteiger partial charge in [0.1, 0.15) is 6.33 Å². The number of aryl methyl sites for hydroxylation is 1. The summed E-state index contributed by atoms with van der Waals surface area (Å²) in [6.07, 6.45) is 3.45. The van der Waals surface area contributed by atoms with Crippen molar-refractivity contribution in [1.29, 1.82) is 0 Å². The summed E-state index contributed by atoms with van der Waals surface area (Å²) in [5.74, 6) is 0.675. The molecule has 0 spiro atoms. The lowest BCUT2D eigenvalue weighted by atomic mass is 10.2. The fraction of sp³-hybridized carbons (Fsp3) is 0.0714. The lowest BCUT2D eigenvalue weighted by Crippen LogP contribution is -1.96. The first-order chi connectivity index (χ1) is 9.22. The van der Waals surface area contributed by atoms with E-state index in [1.54, 1.807) is 17.2 Å². The topological polar surface area (TPSA) is 69.6 Å². The van der Waals surface area contributed by atoms with Crippen LogP contribution in [0.1, 0.15) is 5.69 Å². The highest BCUT2D eigenvalue weighted by Crippen LogP contribution is 2.17. The number of pyridine rings is 1. The SMILES string of the molecule is Cc1cc(-n2cnc(-c3ccc(N)cc3)n2)ccn1. The second-order valence-electron chi connectivity index (χ2n) is 4.29. The molecule has 0 fully saturated rings. The van der Waals surface area contributed by atoms with Crippen LogP contribution in [0.5, 0.6) is 0 Å². The van der Waals surface area contributed by atoms with Gasteiger partial charge in [0.25, 0.3) is 0 Å². The van der Waals surface area contributed by atoms with Gasteiger partial charge >= 0.3 is 0 Å². The Morgan fingerprint density at radius 3 is 2.58 bits per heavy atom.